The van der Waals surface area contributed by atoms with Gasteiger partial charge in [-0.25, -0.2) is 4.39 Å². The summed E-state index contributed by atoms with van der Waals surface area (Å²) in [6.45, 7) is 4.19. The molecule has 1 saturated heterocycles. The molecule has 3 aliphatic rings. The second-order valence-corrected chi connectivity index (χ2v) is 8.12. The molecule has 2 fully saturated rings. The first-order chi connectivity index (χ1) is 13.0. The van der Waals surface area contributed by atoms with E-state index >= 15 is 0 Å². The van der Waals surface area contributed by atoms with E-state index in [9.17, 15) is 14.0 Å². The summed E-state index contributed by atoms with van der Waals surface area (Å²) >= 11 is 0. The zero-order valence-corrected chi connectivity index (χ0v) is 15.8. The maximum Gasteiger partial charge on any atom is 0.306 e. The fourth-order valence-electron chi connectivity index (χ4n) is 5.16. The minimum atomic E-state index is -0.571. The van der Waals surface area contributed by atoms with Crippen LogP contribution >= 0.6 is 0 Å². The van der Waals surface area contributed by atoms with Gasteiger partial charge in [-0.15, -0.1) is 0 Å². The van der Waals surface area contributed by atoms with E-state index in [4.69, 9.17) is 4.74 Å². The van der Waals surface area contributed by atoms with Gasteiger partial charge >= 0.3 is 5.97 Å². The number of anilines is 1. The lowest BCUT2D eigenvalue weighted by Crippen LogP contribution is -2.44. The van der Waals surface area contributed by atoms with Gasteiger partial charge in [-0.2, -0.15) is 0 Å². The third-order valence-corrected chi connectivity index (χ3v) is 6.58. The van der Waals surface area contributed by atoms with Crippen LogP contribution in [0, 0.1) is 11.7 Å². The third kappa shape index (κ3) is 3.35. The van der Waals surface area contributed by atoms with Crippen LogP contribution in [0.1, 0.15) is 51.0 Å². The van der Waals surface area contributed by atoms with E-state index in [0.29, 0.717) is 25.0 Å². The normalized spacial score (nSPS) is 30.4. The molecule has 1 aliphatic carbocycles. The van der Waals surface area contributed by atoms with E-state index in [1.807, 2.05) is 6.92 Å². The van der Waals surface area contributed by atoms with Crippen molar-refractivity contribution < 1.29 is 18.7 Å². The summed E-state index contributed by atoms with van der Waals surface area (Å²) in [6.07, 6.45) is 4.87. The summed E-state index contributed by atoms with van der Waals surface area (Å²) in [5.74, 6) is -0.00555. The van der Waals surface area contributed by atoms with Gasteiger partial charge in [-0.1, -0.05) is 0 Å². The lowest BCUT2D eigenvalue weighted by Gasteiger charge is -2.39. The van der Waals surface area contributed by atoms with Crippen LogP contribution in [-0.4, -0.2) is 42.5 Å². The van der Waals surface area contributed by atoms with Crippen LogP contribution in [0.25, 0.3) is 0 Å². The number of carbonyl (C=O) groups excluding carboxylic acids is 2. The average molecular weight is 374 g/mol. The minimum Gasteiger partial charge on any atom is -0.466 e. The van der Waals surface area contributed by atoms with Crippen LogP contribution in [0.2, 0.25) is 0 Å². The zero-order chi connectivity index (χ0) is 19.0. The van der Waals surface area contributed by atoms with Gasteiger partial charge in [0.15, 0.2) is 0 Å². The molecule has 1 aromatic carbocycles. The number of likely N-dealkylation sites (tertiary alicyclic amines) is 1. The first kappa shape index (κ1) is 18.4. The molecule has 1 N–H and O–H groups in total. The Labute approximate surface area is 159 Å². The van der Waals surface area contributed by atoms with Crippen molar-refractivity contribution in [1.82, 2.24) is 4.90 Å². The number of benzene rings is 1. The zero-order valence-electron chi connectivity index (χ0n) is 15.8. The number of hydrogen-bond acceptors (Lipinski definition) is 4. The maximum atomic E-state index is 13.8. The first-order valence-electron chi connectivity index (χ1n) is 10.0. The van der Waals surface area contributed by atoms with E-state index in [0.717, 1.165) is 56.4 Å². The van der Waals surface area contributed by atoms with Crippen LogP contribution < -0.4 is 5.32 Å². The second-order valence-electron chi connectivity index (χ2n) is 8.12. The van der Waals surface area contributed by atoms with Crippen LogP contribution in [0.3, 0.4) is 0 Å². The second kappa shape index (κ2) is 7.23. The van der Waals surface area contributed by atoms with E-state index in [1.54, 1.807) is 6.07 Å². The van der Waals surface area contributed by atoms with E-state index in [2.05, 4.69) is 10.2 Å². The Morgan fingerprint density at radius 3 is 2.85 bits per heavy atom. The predicted molar refractivity (Wildman–Crippen MR) is 99.9 cm³/mol. The van der Waals surface area contributed by atoms with E-state index in [-0.39, 0.29) is 17.7 Å². The van der Waals surface area contributed by atoms with Crippen molar-refractivity contribution >= 4 is 17.6 Å². The van der Waals surface area contributed by atoms with E-state index in [1.165, 1.54) is 12.1 Å². The number of nitrogens with one attached hydrogen (secondary N) is 1. The lowest BCUT2D eigenvalue weighted by molar-refractivity contribution is -0.144. The Balaban J connectivity index is 1.38. The molecule has 0 aromatic heterocycles. The number of halogens is 1. The van der Waals surface area contributed by atoms with Crippen molar-refractivity contribution in [3.63, 3.8) is 0 Å². The number of amides is 1. The Kier molecular flexibility index (Phi) is 4.93. The quantitative estimate of drug-likeness (QED) is 0.822. The smallest absolute Gasteiger partial charge is 0.306 e. The topological polar surface area (TPSA) is 58.6 Å². The molecule has 1 amide bonds. The fourth-order valence-corrected chi connectivity index (χ4v) is 5.16. The average Bonchev–Trinajstić information content (AvgIpc) is 3.20. The lowest BCUT2D eigenvalue weighted by atomic mass is 9.68. The van der Waals surface area contributed by atoms with Gasteiger partial charge in [0.2, 0.25) is 5.91 Å². The van der Waals surface area contributed by atoms with Crippen LogP contribution in [-0.2, 0) is 19.7 Å². The molecular weight excluding hydrogens is 347 g/mol. The molecule has 27 heavy (non-hydrogen) atoms. The first-order valence-corrected chi connectivity index (χ1v) is 10.0. The summed E-state index contributed by atoms with van der Waals surface area (Å²) in [6, 6.07) is 5.04. The fraction of sp³-hybridized carbons (Fsp3) is 0.619. The van der Waals surface area contributed by atoms with Crippen molar-refractivity contribution in [2.45, 2.75) is 56.9 Å². The molecule has 5 nitrogen and oxygen atoms in total. The standard InChI is InChI=1S/C21H27FN2O3/c1-2-27-19(25)11-14-7-10-24(13-14)16-5-8-21(9-6-16)17-12-15(22)3-4-18(17)23-20(21)26/h3-4,12,14,16H,2,5-11,13H2,1H3,(H,23,26)/t14-,16?,21?/m1/s1. The van der Waals surface area contributed by atoms with Gasteiger partial charge < -0.3 is 15.0 Å². The van der Waals surface area contributed by atoms with Crippen molar-refractivity contribution in [2.75, 3.05) is 25.0 Å². The van der Waals surface area contributed by atoms with Gasteiger partial charge in [0.05, 0.1) is 12.0 Å². The molecule has 1 saturated carbocycles. The molecule has 1 atom stereocenters. The summed E-state index contributed by atoms with van der Waals surface area (Å²) in [7, 11) is 0. The Hall–Kier alpha value is -1.95. The Bertz CT molecular complexity index is 743. The molecule has 2 heterocycles. The summed E-state index contributed by atoms with van der Waals surface area (Å²) < 4.78 is 18.8. The highest BCUT2D eigenvalue weighted by Crippen LogP contribution is 2.48. The highest BCUT2D eigenvalue weighted by Gasteiger charge is 2.49. The Morgan fingerprint density at radius 2 is 2.11 bits per heavy atom. The molecule has 0 radical (unpaired) electrons. The number of rotatable bonds is 4. The molecule has 146 valence electrons. The highest BCUT2D eigenvalue weighted by atomic mass is 19.1. The van der Waals surface area contributed by atoms with Gasteiger partial charge in [0.25, 0.3) is 0 Å². The molecule has 0 unspecified atom stereocenters. The summed E-state index contributed by atoms with van der Waals surface area (Å²) in [4.78, 5) is 26.9. The molecule has 1 spiro atoms. The minimum absolute atomic E-state index is 0.0168. The molecular formula is C21H27FN2O3. The van der Waals surface area contributed by atoms with Crippen LogP contribution in [0.4, 0.5) is 10.1 Å². The summed E-state index contributed by atoms with van der Waals surface area (Å²) in [5, 5.41) is 2.94. The molecule has 0 bridgehead atoms. The number of esters is 1. The Morgan fingerprint density at radius 1 is 1.33 bits per heavy atom. The van der Waals surface area contributed by atoms with Gasteiger partial charge in [0.1, 0.15) is 5.82 Å². The van der Waals surface area contributed by atoms with Crippen LogP contribution in [0.15, 0.2) is 18.2 Å². The SMILES string of the molecule is CCOC(=O)C[C@H]1CCN(C2CCC3(CC2)C(=O)Nc2ccc(F)cc23)C1. The van der Waals surface area contributed by atoms with Gasteiger partial charge in [0, 0.05) is 24.7 Å². The number of ether oxygens (including phenoxy) is 1. The molecule has 4 rings (SSSR count). The molecule has 2 aliphatic heterocycles. The van der Waals surface area contributed by atoms with E-state index < -0.39 is 5.41 Å². The third-order valence-electron chi connectivity index (χ3n) is 6.58. The monoisotopic (exact) mass is 374 g/mol. The molecule has 1 aromatic rings. The van der Waals surface area contributed by atoms with Crippen molar-refractivity contribution in [1.29, 1.82) is 0 Å². The van der Waals surface area contributed by atoms with Crippen LogP contribution in [0.5, 0.6) is 0 Å². The summed E-state index contributed by atoms with van der Waals surface area (Å²) in [5.41, 5.74) is 1.01. The largest absolute Gasteiger partial charge is 0.466 e. The molecule has 6 heteroatoms. The van der Waals surface area contributed by atoms with Gasteiger partial charge in [-0.05, 0) is 75.3 Å². The van der Waals surface area contributed by atoms with Crippen molar-refractivity contribution in [3.8, 4) is 0 Å². The van der Waals surface area contributed by atoms with Crippen molar-refractivity contribution in [3.05, 3.63) is 29.6 Å². The van der Waals surface area contributed by atoms with Crippen molar-refractivity contribution in [2.24, 2.45) is 5.92 Å². The maximum absolute atomic E-state index is 13.8. The highest BCUT2D eigenvalue weighted by molar-refractivity contribution is 6.06. The number of carbonyl (C=O) groups is 2. The number of fused-ring (bicyclic) bond motifs is 2. The number of hydrogen-bond donors (Lipinski definition) is 1. The predicted octanol–water partition coefficient (Wildman–Crippen LogP) is 3.23. The number of nitrogens with zero attached hydrogens (tertiary/aromatic N) is 1. The van der Waals surface area contributed by atoms with Gasteiger partial charge in [-0.3, -0.25) is 9.59 Å².